The summed E-state index contributed by atoms with van der Waals surface area (Å²) >= 11 is 0. The first kappa shape index (κ1) is 16.8. The number of benzene rings is 2. The summed E-state index contributed by atoms with van der Waals surface area (Å²) in [4.78, 5) is 24.2. The van der Waals surface area contributed by atoms with Crippen molar-refractivity contribution in [2.45, 2.75) is 26.5 Å². The topological polar surface area (TPSA) is 73.9 Å². The molecule has 0 fully saturated rings. The number of hydrogen-bond donors (Lipinski definition) is 1. The molecule has 0 saturated heterocycles. The van der Waals surface area contributed by atoms with Crippen LogP contribution < -0.4 is 14.8 Å². The van der Waals surface area contributed by atoms with Crippen LogP contribution in [0.5, 0.6) is 11.5 Å². The Balaban J connectivity index is 1.53. The smallest absolute Gasteiger partial charge is 0.338 e. The summed E-state index contributed by atoms with van der Waals surface area (Å²) in [5, 5.41) is 2.75. The normalized spacial score (nSPS) is 13.2. The molecular formula is C19H19NO5. The fraction of sp³-hybridized carbons (Fsp3) is 0.263. The minimum atomic E-state index is -0.887. The summed E-state index contributed by atoms with van der Waals surface area (Å²) in [5.74, 6) is 0.467. The Hall–Kier alpha value is -3.02. The molecule has 6 nitrogen and oxygen atoms in total. The van der Waals surface area contributed by atoms with Gasteiger partial charge in [-0.05, 0) is 43.7 Å². The molecule has 1 aliphatic rings. The van der Waals surface area contributed by atoms with Crippen molar-refractivity contribution in [2.75, 3.05) is 6.79 Å². The van der Waals surface area contributed by atoms with Crippen molar-refractivity contribution in [3.63, 3.8) is 0 Å². The fourth-order valence-corrected chi connectivity index (χ4v) is 2.44. The number of aryl methyl sites for hydroxylation is 1. The quantitative estimate of drug-likeness (QED) is 0.846. The van der Waals surface area contributed by atoms with Crippen molar-refractivity contribution < 1.29 is 23.8 Å². The van der Waals surface area contributed by atoms with Crippen molar-refractivity contribution in [1.82, 2.24) is 5.32 Å². The molecule has 0 bridgehead atoms. The van der Waals surface area contributed by atoms with Gasteiger partial charge in [0.15, 0.2) is 17.6 Å². The molecule has 1 aliphatic heterocycles. The third kappa shape index (κ3) is 4.09. The van der Waals surface area contributed by atoms with E-state index in [0.717, 1.165) is 11.1 Å². The molecule has 130 valence electrons. The van der Waals surface area contributed by atoms with Gasteiger partial charge in [-0.15, -0.1) is 0 Å². The van der Waals surface area contributed by atoms with E-state index in [4.69, 9.17) is 14.2 Å². The number of fused-ring (bicyclic) bond motifs is 1. The summed E-state index contributed by atoms with van der Waals surface area (Å²) in [7, 11) is 0. The Morgan fingerprint density at radius 1 is 1.16 bits per heavy atom. The van der Waals surface area contributed by atoms with E-state index in [1.54, 1.807) is 31.2 Å². The van der Waals surface area contributed by atoms with Gasteiger partial charge < -0.3 is 19.5 Å². The van der Waals surface area contributed by atoms with Gasteiger partial charge in [0.2, 0.25) is 6.79 Å². The second kappa shape index (κ2) is 7.25. The average Bonchev–Trinajstić information content (AvgIpc) is 3.07. The molecule has 1 N–H and O–H groups in total. The van der Waals surface area contributed by atoms with Crippen LogP contribution in [-0.4, -0.2) is 24.8 Å². The highest BCUT2D eigenvalue weighted by Gasteiger charge is 2.19. The van der Waals surface area contributed by atoms with E-state index in [0.29, 0.717) is 23.6 Å². The first-order valence-corrected chi connectivity index (χ1v) is 7.97. The van der Waals surface area contributed by atoms with Gasteiger partial charge in [0.1, 0.15) is 0 Å². The molecule has 1 amide bonds. The van der Waals surface area contributed by atoms with Crippen molar-refractivity contribution in [1.29, 1.82) is 0 Å². The van der Waals surface area contributed by atoms with Crippen LogP contribution in [-0.2, 0) is 16.1 Å². The predicted octanol–water partition coefficient (Wildman–Crippen LogP) is 2.59. The number of carbonyl (C=O) groups is 2. The Bertz CT molecular complexity index is 802. The number of nitrogens with one attached hydrogen (secondary N) is 1. The third-order valence-corrected chi connectivity index (χ3v) is 3.81. The molecule has 25 heavy (non-hydrogen) atoms. The largest absolute Gasteiger partial charge is 0.454 e. The van der Waals surface area contributed by atoms with Gasteiger partial charge in [0.05, 0.1) is 5.56 Å². The zero-order valence-corrected chi connectivity index (χ0v) is 14.1. The Morgan fingerprint density at radius 3 is 2.76 bits per heavy atom. The number of amides is 1. The second-order valence-corrected chi connectivity index (χ2v) is 5.82. The van der Waals surface area contributed by atoms with Crippen molar-refractivity contribution in [3.05, 3.63) is 59.2 Å². The molecule has 2 aromatic carbocycles. The van der Waals surface area contributed by atoms with Gasteiger partial charge in [-0.2, -0.15) is 0 Å². The molecule has 0 saturated carbocycles. The number of carbonyl (C=O) groups excluding carboxylic acids is 2. The van der Waals surface area contributed by atoms with Crippen LogP contribution in [0.15, 0.2) is 42.5 Å². The average molecular weight is 341 g/mol. The van der Waals surface area contributed by atoms with Crippen LogP contribution in [0.3, 0.4) is 0 Å². The Morgan fingerprint density at radius 2 is 1.96 bits per heavy atom. The monoisotopic (exact) mass is 341 g/mol. The van der Waals surface area contributed by atoms with Gasteiger partial charge in [-0.25, -0.2) is 4.79 Å². The number of esters is 1. The zero-order chi connectivity index (χ0) is 17.8. The van der Waals surface area contributed by atoms with Crippen LogP contribution in [0.25, 0.3) is 0 Å². The van der Waals surface area contributed by atoms with Crippen LogP contribution in [0, 0.1) is 6.92 Å². The van der Waals surface area contributed by atoms with Gasteiger partial charge in [0.25, 0.3) is 5.91 Å². The lowest BCUT2D eigenvalue weighted by molar-refractivity contribution is -0.129. The Kier molecular flexibility index (Phi) is 4.88. The SMILES string of the molecule is Cc1cccc(C(=O)O[C@H](C)C(=O)NCc2ccc3c(c2)OCO3)c1. The summed E-state index contributed by atoms with van der Waals surface area (Å²) in [6, 6.07) is 12.5. The molecule has 0 unspecified atom stereocenters. The fourth-order valence-electron chi connectivity index (χ4n) is 2.44. The van der Waals surface area contributed by atoms with E-state index in [1.807, 2.05) is 25.1 Å². The van der Waals surface area contributed by atoms with E-state index < -0.39 is 12.1 Å². The number of hydrogen-bond acceptors (Lipinski definition) is 5. The minimum absolute atomic E-state index is 0.205. The van der Waals surface area contributed by atoms with Crippen molar-refractivity contribution in [2.24, 2.45) is 0 Å². The van der Waals surface area contributed by atoms with Gasteiger partial charge >= 0.3 is 5.97 Å². The maximum absolute atomic E-state index is 12.1. The molecule has 0 spiro atoms. The van der Waals surface area contributed by atoms with Crippen LogP contribution in [0.1, 0.15) is 28.4 Å². The lowest BCUT2D eigenvalue weighted by atomic mass is 10.1. The summed E-state index contributed by atoms with van der Waals surface area (Å²) in [6.45, 7) is 3.94. The first-order chi connectivity index (χ1) is 12.0. The highest BCUT2D eigenvalue weighted by atomic mass is 16.7. The predicted molar refractivity (Wildman–Crippen MR) is 90.5 cm³/mol. The molecule has 0 aliphatic carbocycles. The van der Waals surface area contributed by atoms with E-state index in [-0.39, 0.29) is 12.7 Å². The van der Waals surface area contributed by atoms with E-state index in [2.05, 4.69) is 5.32 Å². The molecule has 0 radical (unpaired) electrons. The number of rotatable bonds is 5. The first-order valence-electron chi connectivity index (χ1n) is 7.97. The van der Waals surface area contributed by atoms with E-state index in [1.165, 1.54) is 0 Å². The van der Waals surface area contributed by atoms with Crippen LogP contribution >= 0.6 is 0 Å². The minimum Gasteiger partial charge on any atom is -0.454 e. The van der Waals surface area contributed by atoms with Gasteiger partial charge in [0, 0.05) is 6.54 Å². The number of ether oxygens (including phenoxy) is 3. The summed E-state index contributed by atoms with van der Waals surface area (Å²) in [6.07, 6.45) is -0.887. The molecule has 1 atom stereocenters. The lowest BCUT2D eigenvalue weighted by Gasteiger charge is -2.14. The highest BCUT2D eigenvalue weighted by Crippen LogP contribution is 2.32. The van der Waals surface area contributed by atoms with Crippen molar-refractivity contribution >= 4 is 11.9 Å². The maximum Gasteiger partial charge on any atom is 0.338 e. The molecular weight excluding hydrogens is 322 g/mol. The van der Waals surface area contributed by atoms with E-state index >= 15 is 0 Å². The second-order valence-electron chi connectivity index (χ2n) is 5.82. The molecule has 1 heterocycles. The highest BCUT2D eigenvalue weighted by molar-refractivity contribution is 5.92. The molecule has 6 heteroatoms. The Labute approximate surface area is 145 Å². The van der Waals surface area contributed by atoms with Gasteiger partial charge in [-0.1, -0.05) is 23.8 Å². The summed E-state index contributed by atoms with van der Waals surface area (Å²) < 4.78 is 15.8. The summed E-state index contributed by atoms with van der Waals surface area (Å²) in [5.41, 5.74) is 2.25. The molecule has 2 aromatic rings. The van der Waals surface area contributed by atoms with Gasteiger partial charge in [-0.3, -0.25) is 4.79 Å². The molecule has 3 rings (SSSR count). The molecule has 0 aromatic heterocycles. The van der Waals surface area contributed by atoms with Crippen LogP contribution in [0.2, 0.25) is 0 Å². The van der Waals surface area contributed by atoms with E-state index in [9.17, 15) is 9.59 Å². The third-order valence-electron chi connectivity index (χ3n) is 3.81. The van der Waals surface area contributed by atoms with Crippen molar-refractivity contribution in [3.8, 4) is 11.5 Å². The lowest BCUT2D eigenvalue weighted by Crippen LogP contribution is -2.35. The standard InChI is InChI=1S/C19H19NO5/c1-12-4-3-5-15(8-12)19(22)25-13(2)18(21)20-10-14-6-7-16-17(9-14)24-11-23-16/h3-9,13H,10-11H2,1-2H3,(H,20,21)/t13-/m1/s1. The maximum atomic E-state index is 12.1. The zero-order valence-electron chi connectivity index (χ0n) is 14.1. The van der Waals surface area contributed by atoms with Crippen LogP contribution in [0.4, 0.5) is 0 Å².